The normalized spacial score (nSPS) is 15.0. The first-order valence-corrected chi connectivity index (χ1v) is 6.70. The second-order valence-electron chi connectivity index (χ2n) is 4.30. The van der Waals surface area contributed by atoms with Crippen LogP contribution in [-0.4, -0.2) is 26.9 Å². The molecule has 2 heterocycles. The Morgan fingerprint density at radius 3 is 2.94 bits per heavy atom. The molecule has 0 saturated heterocycles. The van der Waals surface area contributed by atoms with Crippen LogP contribution in [0.5, 0.6) is 0 Å². The van der Waals surface area contributed by atoms with E-state index in [-0.39, 0.29) is 5.97 Å². The van der Waals surface area contributed by atoms with Gasteiger partial charge in [-0.2, -0.15) is 0 Å². The summed E-state index contributed by atoms with van der Waals surface area (Å²) in [6.45, 7) is 2.13. The molecule has 0 spiro atoms. The summed E-state index contributed by atoms with van der Waals surface area (Å²) in [7, 11) is 0. The molecule has 0 aromatic carbocycles. The highest BCUT2D eigenvalue weighted by molar-refractivity contribution is 9.10. The lowest BCUT2D eigenvalue weighted by atomic mass is 10.3. The molecule has 2 aromatic rings. The minimum absolute atomic E-state index is 0.332. The Balaban J connectivity index is 2.10. The van der Waals surface area contributed by atoms with Crippen LogP contribution in [0.4, 0.5) is 0 Å². The zero-order chi connectivity index (χ0) is 12.7. The first-order valence-electron chi connectivity index (χ1n) is 5.91. The van der Waals surface area contributed by atoms with Crippen molar-refractivity contribution in [2.75, 3.05) is 6.61 Å². The molecule has 0 aliphatic heterocycles. The molecule has 18 heavy (non-hydrogen) atoms. The molecule has 0 N–H and O–H groups in total. The van der Waals surface area contributed by atoms with E-state index in [0.29, 0.717) is 18.2 Å². The number of carbonyl (C=O) groups is 1. The molecule has 2 aromatic heterocycles. The average molecular weight is 310 g/mol. The van der Waals surface area contributed by atoms with Crippen LogP contribution in [0.25, 0.3) is 5.65 Å². The monoisotopic (exact) mass is 309 g/mol. The lowest BCUT2D eigenvalue weighted by Crippen LogP contribution is -2.04. The van der Waals surface area contributed by atoms with E-state index in [1.165, 1.54) is 0 Å². The fraction of sp³-hybridized carbons (Fsp3) is 0.417. The van der Waals surface area contributed by atoms with Crippen molar-refractivity contribution in [1.29, 1.82) is 0 Å². The van der Waals surface area contributed by atoms with Crippen molar-refractivity contribution in [2.45, 2.75) is 25.7 Å². The number of hydrogen-bond donors (Lipinski definition) is 0. The molecule has 5 nitrogen and oxygen atoms in total. The van der Waals surface area contributed by atoms with Gasteiger partial charge in [0.1, 0.15) is 4.60 Å². The molecule has 0 unspecified atom stereocenters. The first-order chi connectivity index (χ1) is 8.69. The van der Waals surface area contributed by atoms with Gasteiger partial charge in [0.05, 0.1) is 12.3 Å². The molecule has 0 bridgehead atoms. The summed E-state index contributed by atoms with van der Waals surface area (Å²) in [5.74, 6) is 0.0847. The minimum atomic E-state index is -0.390. The number of hydrogen-bond acceptors (Lipinski definition) is 4. The van der Waals surface area contributed by atoms with E-state index in [0.717, 1.165) is 28.8 Å². The Labute approximate surface area is 112 Å². The van der Waals surface area contributed by atoms with Gasteiger partial charge in [0, 0.05) is 18.3 Å². The van der Waals surface area contributed by atoms with E-state index in [2.05, 4.69) is 25.9 Å². The molecule has 1 saturated carbocycles. The first kappa shape index (κ1) is 11.6. The number of fused-ring (bicyclic) bond motifs is 1. The second-order valence-corrected chi connectivity index (χ2v) is 5.11. The third kappa shape index (κ3) is 2.01. The van der Waals surface area contributed by atoms with E-state index in [1.54, 1.807) is 19.3 Å². The predicted octanol–water partition coefficient (Wildman–Crippen LogP) is 2.55. The fourth-order valence-electron chi connectivity index (χ4n) is 1.92. The molecule has 0 radical (unpaired) electrons. The van der Waals surface area contributed by atoms with Gasteiger partial charge in [-0.15, -0.1) is 0 Å². The van der Waals surface area contributed by atoms with Crippen LogP contribution in [0.3, 0.4) is 0 Å². The number of nitrogens with zero attached hydrogens (tertiary/aromatic N) is 3. The molecule has 6 heteroatoms. The summed E-state index contributed by atoms with van der Waals surface area (Å²) < 4.78 is 7.54. The third-order valence-corrected chi connectivity index (χ3v) is 3.26. The van der Waals surface area contributed by atoms with Crippen molar-refractivity contribution in [3.63, 3.8) is 0 Å². The molecule has 94 valence electrons. The van der Waals surface area contributed by atoms with Gasteiger partial charge in [-0.05, 0) is 35.7 Å². The Bertz CT molecular complexity index is 619. The zero-order valence-electron chi connectivity index (χ0n) is 9.89. The van der Waals surface area contributed by atoms with Crippen LogP contribution >= 0.6 is 15.9 Å². The average Bonchev–Trinajstić information content (AvgIpc) is 3.08. The molecular weight excluding hydrogens is 298 g/mol. The molecule has 3 rings (SSSR count). The zero-order valence-corrected chi connectivity index (χ0v) is 11.5. The maximum atomic E-state index is 11.7. The van der Waals surface area contributed by atoms with Gasteiger partial charge in [-0.1, -0.05) is 0 Å². The quantitative estimate of drug-likeness (QED) is 0.818. The van der Waals surface area contributed by atoms with Gasteiger partial charge in [0.15, 0.2) is 11.3 Å². The van der Waals surface area contributed by atoms with E-state index < -0.39 is 0 Å². The Hall–Kier alpha value is -1.43. The van der Waals surface area contributed by atoms with Gasteiger partial charge >= 0.3 is 5.97 Å². The highest BCUT2D eigenvalue weighted by Gasteiger charge is 2.29. The van der Waals surface area contributed by atoms with Gasteiger partial charge in [0.2, 0.25) is 0 Å². The van der Waals surface area contributed by atoms with Crippen molar-refractivity contribution in [2.24, 2.45) is 0 Å². The summed E-state index contributed by atoms with van der Waals surface area (Å²) >= 11 is 3.38. The SMILES string of the molecule is CCOC(=O)c1cn2cc(Br)nc(C3CC3)c2n1. The highest BCUT2D eigenvalue weighted by atomic mass is 79.9. The molecule has 1 fully saturated rings. The maximum Gasteiger partial charge on any atom is 0.358 e. The standard InChI is InChI=1S/C12H12BrN3O2/c1-2-18-12(17)8-5-16-6-9(13)15-10(7-3-4-7)11(16)14-8/h5-7H,2-4H2,1H3. The van der Waals surface area contributed by atoms with Crippen LogP contribution in [0.15, 0.2) is 17.0 Å². The Kier molecular flexibility index (Phi) is 2.81. The third-order valence-electron chi connectivity index (χ3n) is 2.88. The van der Waals surface area contributed by atoms with E-state index in [4.69, 9.17) is 4.74 Å². The fourth-order valence-corrected chi connectivity index (χ4v) is 2.34. The molecule has 1 aliphatic carbocycles. The molecular formula is C12H12BrN3O2. The van der Waals surface area contributed by atoms with Crippen LogP contribution < -0.4 is 0 Å². The van der Waals surface area contributed by atoms with E-state index in [9.17, 15) is 4.79 Å². The molecule has 0 atom stereocenters. The van der Waals surface area contributed by atoms with Gasteiger partial charge < -0.3 is 9.14 Å². The summed E-state index contributed by atoms with van der Waals surface area (Å²) in [4.78, 5) is 20.5. The van der Waals surface area contributed by atoms with Crippen LogP contribution in [0.1, 0.15) is 41.9 Å². The smallest absolute Gasteiger partial charge is 0.358 e. The summed E-state index contributed by atoms with van der Waals surface area (Å²) in [6.07, 6.45) is 5.77. The van der Waals surface area contributed by atoms with E-state index >= 15 is 0 Å². The number of aromatic nitrogens is 3. The van der Waals surface area contributed by atoms with Crippen molar-refractivity contribution in [3.05, 3.63) is 28.4 Å². The van der Waals surface area contributed by atoms with Gasteiger partial charge in [-0.25, -0.2) is 14.8 Å². The second kappa shape index (κ2) is 4.35. The Morgan fingerprint density at radius 1 is 1.50 bits per heavy atom. The van der Waals surface area contributed by atoms with Crippen molar-refractivity contribution in [1.82, 2.24) is 14.4 Å². The summed E-state index contributed by atoms with van der Waals surface area (Å²) in [5.41, 5.74) is 2.04. The number of esters is 1. The largest absolute Gasteiger partial charge is 0.461 e. The predicted molar refractivity (Wildman–Crippen MR) is 68.6 cm³/mol. The number of rotatable bonds is 3. The van der Waals surface area contributed by atoms with Gasteiger partial charge in [0.25, 0.3) is 0 Å². The Morgan fingerprint density at radius 2 is 2.28 bits per heavy atom. The number of ether oxygens (including phenoxy) is 1. The van der Waals surface area contributed by atoms with E-state index in [1.807, 2.05) is 4.40 Å². The van der Waals surface area contributed by atoms with Crippen LogP contribution in [0, 0.1) is 0 Å². The number of halogens is 1. The summed E-state index contributed by atoms with van der Waals surface area (Å²) in [6, 6.07) is 0. The van der Waals surface area contributed by atoms with Crippen LogP contribution in [0.2, 0.25) is 0 Å². The van der Waals surface area contributed by atoms with Crippen molar-refractivity contribution < 1.29 is 9.53 Å². The molecule has 1 aliphatic rings. The molecule has 0 amide bonds. The number of carbonyl (C=O) groups excluding carboxylic acids is 1. The highest BCUT2D eigenvalue weighted by Crippen LogP contribution is 2.41. The maximum absolute atomic E-state index is 11.7. The van der Waals surface area contributed by atoms with Crippen LogP contribution in [-0.2, 0) is 4.74 Å². The topological polar surface area (TPSA) is 56.5 Å². The van der Waals surface area contributed by atoms with Crippen molar-refractivity contribution >= 4 is 27.5 Å². The lowest BCUT2D eigenvalue weighted by Gasteiger charge is -2.01. The van der Waals surface area contributed by atoms with Crippen molar-refractivity contribution in [3.8, 4) is 0 Å². The lowest BCUT2D eigenvalue weighted by molar-refractivity contribution is 0.0520. The van der Waals surface area contributed by atoms with Gasteiger partial charge in [-0.3, -0.25) is 0 Å². The number of imidazole rings is 1. The summed E-state index contributed by atoms with van der Waals surface area (Å²) in [5, 5.41) is 0. The minimum Gasteiger partial charge on any atom is -0.461 e.